The number of rotatable bonds is 5. The first-order valence-corrected chi connectivity index (χ1v) is 12.4. The molecule has 1 fully saturated rings. The number of hydrogen-bond donors (Lipinski definition) is 0. The van der Waals surface area contributed by atoms with Crippen LogP contribution in [0.1, 0.15) is 37.1 Å². The van der Waals surface area contributed by atoms with Crippen LogP contribution in [-0.4, -0.2) is 44.8 Å². The summed E-state index contributed by atoms with van der Waals surface area (Å²) in [6.07, 6.45) is 13.3. The Bertz CT molecular complexity index is 1340. The molecule has 180 valence electrons. The molecule has 0 radical (unpaired) electrons. The van der Waals surface area contributed by atoms with Crippen molar-refractivity contribution in [2.75, 3.05) is 13.1 Å². The summed E-state index contributed by atoms with van der Waals surface area (Å²) in [7, 11) is 0. The quantitative estimate of drug-likeness (QED) is 0.427. The highest BCUT2D eigenvalue weighted by atomic mass is 35.5. The van der Waals surface area contributed by atoms with Gasteiger partial charge in [0.2, 0.25) is 5.91 Å². The fraction of sp³-hybridized carbons (Fsp3) is 0.321. The first-order valence-electron chi connectivity index (χ1n) is 12.0. The van der Waals surface area contributed by atoms with E-state index in [4.69, 9.17) is 21.4 Å². The first kappa shape index (κ1) is 23.4. The van der Waals surface area contributed by atoms with Crippen LogP contribution in [0.4, 0.5) is 0 Å². The zero-order valence-corrected chi connectivity index (χ0v) is 20.8. The molecule has 1 aromatic carbocycles. The topological polar surface area (TPSA) is 60.2 Å². The number of pyridine rings is 1. The second-order valence-corrected chi connectivity index (χ2v) is 9.66. The standard InChI is InChI=1S/C28H29ClN4O2/c1-4-27(34)32-14-6-7-21(17-32)33-24-12-13-30-16-22(24)28(31-33)20-10-11-25(18(2)15-20)35-26-9-5-8-23(29)19(26)3/h4-5,8-13,15-16,18,21,25H,1,6-7,14,17H2,2-3H3/t18?,21-,25?/m1/s1. The maximum Gasteiger partial charge on any atom is 0.246 e. The van der Waals surface area contributed by atoms with Crippen molar-refractivity contribution in [3.8, 4) is 5.75 Å². The number of fused-ring (bicyclic) bond motifs is 1. The fourth-order valence-corrected chi connectivity index (χ4v) is 5.10. The van der Waals surface area contributed by atoms with Gasteiger partial charge in [0.05, 0.1) is 11.6 Å². The molecule has 1 aliphatic heterocycles. The molecule has 5 rings (SSSR count). The van der Waals surface area contributed by atoms with Gasteiger partial charge in [0, 0.05) is 47.4 Å². The van der Waals surface area contributed by atoms with E-state index in [1.165, 1.54) is 6.08 Å². The highest BCUT2D eigenvalue weighted by Crippen LogP contribution is 2.34. The van der Waals surface area contributed by atoms with Crippen LogP contribution in [0.3, 0.4) is 0 Å². The number of aromatic nitrogens is 3. The van der Waals surface area contributed by atoms with Crippen molar-refractivity contribution in [3.63, 3.8) is 0 Å². The largest absolute Gasteiger partial charge is 0.485 e. The van der Waals surface area contributed by atoms with Gasteiger partial charge in [-0.1, -0.05) is 43.3 Å². The van der Waals surface area contributed by atoms with Crippen LogP contribution in [0.25, 0.3) is 16.5 Å². The Kier molecular flexibility index (Phi) is 6.48. The normalized spacial score (nSPS) is 22.2. The molecule has 1 amide bonds. The molecule has 0 spiro atoms. The van der Waals surface area contributed by atoms with Gasteiger partial charge in [-0.15, -0.1) is 0 Å². The molecule has 3 heterocycles. The molecule has 1 aliphatic carbocycles. The van der Waals surface area contributed by atoms with E-state index < -0.39 is 0 Å². The van der Waals surface area contributed by atoms with Gasteiger partial charge in [-0.25, -0.2) is 0 Å². The predicted molar refractivity (Wildman–Crippen MR) is 139 cm³/mol. The third-order valence-corrected chi connectivity index (χ3v) is 7.33. The molecule has 0 saturated carbocycles. The van der Waals surface area contributed by atoms with E-state index in [0.717, 1.165) is 52.9 Å². The van der Waals surface area contributed by atoms with E-state index in [0.29, 0.717) is 11.6 Å². The molecule has 2 unspecified atom stereocenters. The summed E-state index contributed by atoms with van der Waals surface area (Å²) >= 11 is 6.27. The number of nitrogens with zero attached hydrogens (tertiary/aromatic N) is 4. The van der Waals surface area contributed by atoms with Gasteiger partial charge in [0.15, 0.2) is 0 Å². The fourth-order valence-electron chi connectivity index (χ4n) is 4.93. The number of carbonyl (C=O) groups is 1. The molecule has 2 aromatic heterocycles. The number of likely N-dealkylation sites (tertiary alicyclic amines) is 1. The second kappa shape index (κ2) is 9.70. The summed E-state index contributed by atoms with van der Waals surface area (Å²) in [6, 6.07) is 7.84. The smallest absolute Gasteiger partial charge is 0.246 e. The van der Waals surface area contributed by atoms with Crippen LogP contribution in [0, 0.1) is 12.8 Å². The highest BCUT2D eigenvalue weighted by Gasteiger charge is 2.28. The number of piperidine rings is 1. The van der Waals surface area contributed by atoms with Crippen LogP contribution in [0.2, 0.25) is 5.02 Å². The van der Waals surface area contributed by atoms with Crippen molar-refractivity contribution in [2.24, 2.45) is 5.92 Å². The highest BCUT2D eigenvalue weighted by molar-refractivity contribution is 6.31. The molecule has 2 aliphatic rings. The first-order chi connectivity index (χ1) is 17.0. The van der Waals surface area contributed by atoms with Crippen molar-refractivity contribution in [3.05, 3.63) is 83.8 Å². The Labute approximate surface area is 210 Å². The second-order valence-electron chi connectivity index (χ2n) is 9.26. The molecular formula is C28H29ClN4O2. The SMILES string of the molecule is C=CC(=O)N1CCC[C@@H](n2nc(C3=CC(C)C(Oc4cccc(Cl)c4C)C=C3)c3cnccc32)C1. The third kappa shape index (κ3) is 4.50. The lowest BCUT2D eigenvalue weighted by atomic mass is 9.93. The van der Waals surface area contributed by atoms with Crippen molar-refractivity contribution >= 4 is 34.0 Å². The van der Waals surface area contributed by atoms with Crippen LogP contribution in [0.5, 0.6) is 5.75 Å². The summed E-state index contributed by atoms with van der Waals surface area (Å²) in [5.41, 5.74) is 3.92. The van der Waals surface area contributed by atoms with E-state index in [2.05, 4.69) is 41.4 Å². The van der Waals surface area contributed by atoms with Gasteiger partial charge in [0.25, 0.3) is 0 Å². The maximum absolute atomic E-state index is 12.2. The zero-order chi connectivity index (χ0) is 24.5. The van der Waals surface area contributed by atoms with Crippen molar-refractivity contribution in [1.82, 2.24) is 19.7 Å². The number of halogens is 1. The summed E-state index contributed by atoms with van der Waals surface area (Å²) in [5, 5.41) is 6.77. The Morgan fingerprint density at radius 3 is 2.97 bits per heavy atom. The van der Waals surface area contributed by atoms with Crippen LogP contribution < -0.4 is 4.74 Å². The van der Waals surface area contributed by atoms with Crippen LogP contribution in [-0.2, 0) is 4.79 Å². The summed E-state index contributed by atoms with van der Waals surface area (Å²) in [5.74, 6) is 0.909. The molecule has 1 saturated heterocycles. The number of ether oxygens (including phenoxy) is 1. The van der Waals surface area contributed by atoms with E-state index in [9.17, 15) is 4.79 Å². The Morgan fingerprint density at radius 1 is 1.31 bits per heavy atom. The molecule has 3 aromatic rings. The molecule has 0 N–H and O–H groups in total. The maximum atomic E-state index is 12.2. The number of amides is 1. The average molecular weight is 489 g/mol. The van der Waals surface area contributed by atoms with Gasteiger partial charge in [0.1, 0.15) is 17.5 Å². The van der Waals surface area contributed by atoms with Crippen LogP contribution >= 0.6 is 11.6 Å². The molecule has 3 atom stereocenters. The Balaban J connectivity index is 1.43. The van der Waals surface area contributed by atoms with Crippen LogP contribution in [0.15, 0.2) is 67.5 Å². The number of benzene rings is 1. The summed E-state index contributed by atoms with van der Waals surface area (Å²) in [6.45, 7) is 9.14. The van der Waals surface area contributed by atoms with Crippen molar-refractivity contribution < 1.29 is 9.53 Å². The average Bonchev–Trinajstić information content (AvgIpc) is 3.27. The van der Waals surface area contributed by atoms with E-state index >= 15 is 0 Å². The number of allylic oxidation sites excluding steroid dienone is 2. The van der Waals surface area contributed by atoms with E-state index in [-0.39, 0.29) is 24.0 Å². The number of carbonyl (C=O) groups excluding carboxylic acids is 1. The van der Waals surface area contributed by atoms with E-state index in [1.807, 2.05) is 42.3 Å². The predicted octanol–water partition coefficient (Wildman–Crippen LogP) is 5.78. The minimum absolute atomic E-state index is 0.0271. The minimum Gasteiger partial charge on any atom is -0.485 e. The monoisotopic (exact) mass is 488 g/mol. The van der Waals surface area contributed by atoms with Gasteiger partial charge in [-0.2, -0.15) is 5.10 Å². The summed E-state index contributed by atoms with van der Waals surface area (Å²) < 4.78 is 8.37. The third-order valence-electron chi connectivity index (χ3n) is 6.92. The minimum atomic E-state index is -0.0980. The molecular weight excluding hydrogens is 460 g/mol. The molecule has 0 bridgehead atoms. The number of hydrogen-bond acceptors (Lipinski definition) is 4. The van der Waals surface area contributed by atoms with Crippen molar-refractivity contribution in [2.45, 2.75) is 38.8 Å². The van der Waals surface area contributed by atoms with Gasteiger partial charge < -0.3 is 9.64 Å². The van der Waals surface area contributed by atoms with Gasteiger partial charge in [-0.05, 0) is 55.7 Å². The molecule has 7 heteroatoms. The summed E-state index contributed by atoms with van der Waals surface area (Å²) in [4.78, 5) is 18.5. The Morgan fingerprint density at radius 2 is 2.17 bits per heavy atom. The van der Waals surface area contributed by atoms with Gasteiger partial charge in [-0.3, -0.25) is 14.5 Å². The van der Waals surface area contributed by atoms with Gasteiger partial charge >= 0.3 is 0 Å². The lowest BCUT2D eigenvalue weighted by molar-refractivity contribution is -0.127. The molecule has 35 heavy (non-hydrogen) atoms. The lowest BCUT2D eigenvalue weighted by Crippen LogP contribution is -2.40. The molecule has 6 nitrogen and oxygen atoms in total. The van der Waals surface area contributed by atoms with E-state index in [1.54, 1.807) is 6.20 Å². The lowest BCUT2D eigenvalue weighted by Gasteiger charge is -2.32. The Hall–Kier alpha value is -3.38. The zero-order valence-electron chi connectivity index (χ0n) is 20.0. The van der Waals surface area contributed by atoms with Crippen molar-refractivity contribution in [1.29, 1.82) is 0 Å².